The van der Waals surface area contributed by atoms with Crippen molar-refractivity contribution in [3.63, 3.8) is 0 Å². The lowest BCUT2D eigenvalue weighted by atomic mass is 10.0. The zero-order chi connectivity index (χ0) is 16.4. The molecule has 124 valence electrons. The van der Waals surface area contributed by atoms with Crippen LogP contribution in [0.4, 0.5) is 0 Å². The Balaban J connectivity index is 1.56. The summed E-state index contributed by atoms with van der Waals surface area (Å²) in [6.45, 7) is 8.56. The molecule has 1 aliphatic carbocycles. The van der Waals surface area contributed by atoms with Crippen molar-refractivity contribution in [2.45, 2.75) is 33.1 Å². The van der Waals surface area contributed by atoms with Crippen LogP contribution in [0.5, 0.6) is 0 Å². The Bertz CT molecular complexity index is 609. The summed E-state index contributed by atoms with van der Waals surface area (Å²) in [5.74, 6) is 1.36. The van der Waals surface area contributed by atoms with E-state index in [-0.39, 0.29) is 11.7 Å². The van der Waals surface area contributed by atoms with E-state index in [1.807, 2.05) is 18.2 Å². The number of nitrogens with one attached hydrogen (secondary N) is 1. The van der Waals surface area contributed by atoms with E-state index in [0.29, 0.717) is 30.2 Å². The van der Waals surface area contributed by atoms with E-state index < -0.39 is 0 Å². The van der Waals surface area contributed by atoms with Crippen LogP contribution in [0, 0.1) is 11.8 Å². The zero-order valence-electron chi connectivity index (χ0n) is 14.1. The van der Waals surface area contributed by atoms with E-state index in [1.54, 1.807) is 0 Å². The molecule has 1 atom stereocenters. The number of carbonyl (C=O) groups is 2. The molecule has 1 amide bonds. The molecule has 23 heavy (non-hydrogen) atoms. The number of ketones is 1. The van der Waals surface area contributed by atoms with Crippen LogP contribution >= 0.6 is 0 Å². The van der Waals surface area contributed by atoms with Gasteiger partial charge in [-0.15, -0.1) is 0 Å². The number of Topliss-reactive ketones (excluding diaryl/α,β-unsaturated/α-hetero) is 1. The minimum atomic E-state index is -0.0288. The van der Waals surface area contributed by atoms with Gasteiger partial charge in [-0.3, -0.25) is 9.59 Å². The van der Waals surface area contributed by atoms with Gasteiger partial charge in [-0.1, -0.05) is 26.0 Å². The maximum Gasteiger partial charge on any atom is 0.251 e. The summed E-state index contributed by atoms with van der Waals surface area (Å²) < 4.78 is 0. The van der Waals surface area contributed by atoms with Crippen LogP contribution in [-0.4, -0.2) is 42.8 Å². The molecule has 0 bridgehead atoms. The number of fused-ring (bicyclic) bond motifs is 1. The molecule has 0 saturated carbocycles. The number of benzene rings is 1. The fourth-order valence-corrected chi connectivity index (χ4v) is 3.80. The van der Waals surface area contributed by atoms with Crippen molar-refractivity contribution in [2.75, 3.05) is 26.2 Å². The molecule has 1 aromatic rings. The van der Waals surface area contributed by atoms with Crippen molar-refractivity contribution in [3.8, 4) is 0 Å². The molecule has 1 saturated heterocycles. The Morgan fingerprint density at radius 2 is 2.17 bits per heavy atom. The predicted molar refractivity (Wildman–Crippen MR) is 90.8 cm³/mol. The largest absolute Gasteiger partial charge is 0.352 e. The van der Waals surface area contributed by atoms with Crippen LogP contribution < -0.4 is 5.32 Å². The Morgan fingerprint density at radius 3 is 2.96 bits per heavy atom. The van der Waals surface area contributed by atoms with Crippen LogP contribution in [-0.2, 0) is 6.42 Å². The van der Waals surface area contributed by atoms with Gasteiger partial charge >= 0.3 is 0 Å². The van der Waals surface area contributed by atoms with Gasteiger partial charge in [0.05, 0.1) is 0 Å². The fourth-order valence-electron chi connectivity index (χ4n) is 3.80. The van der Waals surface area contributed by atoms with Gasteiger partial charge in [0.15, 0.2) is 5.78 Å². The van der Waals surface area contributed by atoms with Gasteiger partial charge in [-0.25, -0.2) is 0 Å². The first-order chi connectivity index (χ1) is 11.0. The van der Waals surface area contributed by atoms with E-state index in [1.165, 1.54) is 0 Å². The first-order valence-corrected chi connectivity index (χ1v) is 8.70. The molecule has 3 rings (SSSR count). The first-order valence-electron chi connectivity index (χ1n) is 8.70. The molecule has 4 nitrogen and oxygen atoms in total. The van der Waals surface area contributed by atoms with Gasteiger partial charge in [-0.2, -0.15) is 0 Å². The maximum absolute atomic E-state index is 12.5. The number of rotatable bonds is 5. The number of carbonyl (C=O) groups excluding carboxylic acids is 2. The molecule has 1 fully saturated rings. The van der Waals surface area contributed by atoms with E-state index in [9.17, 15) is 9.59 Å². The van der Waals surface area contributed by atoms with Crippen LogP contribution in [0.2, 0.25) is 0 Å². The smallest absolute Gasteiger partial charge is 0.251 e. The average molecular weight is 314 g/mol. The third-order valence-electron chi connectivity index (χ3n) is 4.87. The lowest BCUT2D eigenvalue weighted by Crippen LogP contribution is -2.32. The number of hydrogen-bond acceptors (Lipinski definition) is 3. The van der Waals surface area contributed by atoms with Crippen molar-refractivity contribution >= 4 is 11.7 Å². The summed E-state index contributed by atoms with van der Waals surface area (Å²) in [4.78, 5) is 26.8. The quantitative estimate of drug-likeness (QED) is 0.908. The molecule has 1 N–H and O–H groups in total. The van der Waals surface area contributed by atoms with Crippen molar-refractivity contribution < 1.29 is 9.59 Å². The number of nitrogens with zero attached hydrogens (tertiary/aromatic N) is 1. The third-order valence-corrected chi connectivity index (χ3v) is 4.87. The Hall–Kier alpha value is -1.68. The van der Waals surface area contributed by atoms with Gasteiger partial charge in [0.2, 0.25) is 0 Å². The third kappa shape index (κ3) is 3.63. The highest BCUT2D eigenvalue weighted by molar-refractivity contribution is 6.05. The second-order valence-electron chi connectivity index (χ2n) is 7.27. The maximum atomic E-state index is 12.5. The lowest BCUT2D eigenvalue weighted by molar-refractivity contribution is 0.0945. The average Bonchev–Trinajstić information content (AvgIpc) is 3.11. The standard InChI is InChI=1S/C19H26N2O2/c1-13(2)11-21-9-8-14(12-21)10-20-19(23)17-5-3-4-16-15(17)6-7-18(16)22/h3-5,13-14H,6-12H2,1-2H3,(H,20,23)/t14-/m0/s1. The van der Waals surface area contributed by atoms with Crippen molar-refractivity contribution in [2.24, 2.45) is 11.8 Å². The number of hydrogen-bond donors (Lipinski definition) is 1. The zero-order valence-corrected chi connectivity index (χ0v) is 14.1. The van der Waals surface area contributed by atoms with E-state index in [0.717, 1.165) is 43.7 Å². The van der Waals surface area contributed by atoms with Crippen LogP contribution in [0.3, 0.4) is 0 Å². The van der Waals surface area contributed by atoms with E-state index in [2.05, 4.69) is 24.1 Å². The number of amides is 1. The molecule has 1 heterocycles. The normalized spacial score (nSPS) is 21.0. The van der Waals surface area contributed by atoms with Gasteiger partial charge < -0.3 is 10.2 Å². The van der Waals surface area contributed by atoms with Gasteiger partial charge in [-0.05, 0) is 42.9 Å². The molecular weight excluding hydrogens is 288 g/mol. The van der Waals surface area contributed by atoms with Crippen LogP contribution in [0.15, 0.2) is 18.2 Å². The Labute approximate surface area is 138 Å². The summed E-state index contributed by atoms with van der Waals surface area (Å²) in [5, 5.41) is 3.08. The summed E-state index contributed by atoms with van der Waals surface area (Å²) in [5.41, 5.74) is 2.36. The van der Waals surface area contributed by atoms with E-state index in [4.69, 9.17) is 0 Å². The molecule has 4 heteroatoms. The number of likely N-dealkylation sites (tertiary alicyclic amines) is 1. The molecule has 1 aromatic carbocycles. The molecule has 1 aliphatic heterocycles. The topological polar surface area (TPSA) is 49.4 Å². The Kier molecular flexibility index (Phi) is 4.81. The Morgan fingerprint density at radius 1 is 1.35 bits per heavy atom. The molecule has 0 unspecified atom stereocenters. The summed E-state index contributed by atoms with van der Waals surface area (Å²) >= 11 is 0. The molecule has 0 radical (unpaired) electrons. The second kappa shape index (κ2) is 6.83. The summed E-state index contributed by atoms with van der Waals surface area (Å²) in [6.07, 6.45) is 2.38. The van der Waals surface area contributed by atoms with Crippen LogP contribution in [0.25, 0.3) is 0 Å². The predicted octanol–water partition coefficient (Wildman–Crippen LogP) is 2.52. The monoisotopic (exact) mass is 314 g/mol. The first kappa shape index (κ1) is 16.2. The fraction of sp³-hybridized carbons (Fsp3) is 0.579. The van der Waals surface area contributed by atoms with Gasteiger partial charge in [0.25, 0.3) is 5.91 Å². The lowest BCUT2D eigenvalue weighted by Gasteiger charge is -2.18. The highest BCUT2D eigenvalue weighted by Gasteiger charge is 2.26. The second-order valence-corrected chi connectivity index (χ2v) is 7.27. The highest BCUT2D eigenvalue weighted by Crippen LogP contribution is 2.25. The van der Waals surface area contributed by atoms with Crippen molar-refractivity contribution in [1.29, 1.82) is 0 Å². The minimum Gasteiger partial charge on any atom is -0.352 e. The summed E-state index contributed by atoms with van der Waals surface area (Å²) in [7, 11) is 0. The SMILES string of the molecule is CC(C)CN1CC[C@@H](CNC(=O)c2cccc3c2CCC3=O)C1. The molecule has 2 aliphatic rings. The van der Waals surface area contributed by atoms with Crippen molar-refractivity contribution in [1.82, 2.24) is 10.2 Å². The highest BCUT2D eigenvalue weighted by atomic mass is 16.1. The van der Waals surface area contributed by atoms with Crippen molar-refractivity contribution in [3.05, 3.63) is 34.9 Å². The van der Waals surface area contributed by atoms with Crippen LogP contribution in [0.1, 0.15) is 53.0 Å². The van der Waals surface area contributed by atoms with Gasteiger partial charge in [0, 0.05) is 37.2 Å². The summed E-state index contributed by atoms with van der Waals surface area (Å²) in [6, 6.07) is 5.49. The van der Waals surface area contributed by atoms with E-state index >= 15 is 0 Å². The molecule has 0 spiro atoms. The minimum absolute atomic E-state index is 0.0288. The molecular formula is C19H26N2O2. The molecule has 0 aromatic heterocycles. The van der Waals surface area contributed by atoms with Gasteiger partial charge in [0.1, 0.15) is 0 Å².